The van der Waals surface area contributed by atoms with Gasteiger partial charge in [-0.3, -0.25) is 10.1 Å². The van der Waals surface area contributed by atoms with Crippen LogP contribution in [0.15, 0.2) is 12.1 Å². The SMILES string of the molecule is COc1cc(CBr)c([N+](=O)[O-])cc1OCCSC. The number of halogens is 1. The van der Waals surface area contributed by atoms with E-state index >= 15 is 0 Å². The number of nitrogens with zero attached hydrogens (tertiary/aromatic N) is 1. The lowest BCUT2D eigenvalue weighted by molar-refractivity contribution is -0.385. The number of ether oxygens (including phenoxy) is 2. The van der Waals surface area contributed by atoms with Crippen LogP contribution in [0.2, 0.25) is 0 Å². The normalized spacial score (nSPS) is 10.2. The first kappa shape index (κ1) is 15.1. The number of alkyl halides is 1. The van der Waals surface area contributed by atoms with Gasteiger partial charge in [0.25, 0.3) is 5.69 Å². The molecule has 0 fully saturated rings. The molecule has 1 aromatic rings. The smallest absolute Gasteiger partial charge is 0.277 e. The predicted molar refractivity (Wildman–Crippen MR) is 76.2 cm³/mol. The van der Waals surface area contributed by atoms with E-state index in [0.717, 1.165) is 5.75 Å². The van der Waals surface area contributed by atoms with Gasteiger partial charge in [0.15, 0.2) is 11.5 Å². The van der Waals surface area contributed by atoms with Gasteiger partial charge < -0.3 is 9.47 Å². The minimum atomic E-state index is -0.419. The zero-order valence-corrected chi connectivity index (χ0v) is 12.5. The lowest BCUT2D eigenvalue weighted by atomic mass is 10.2. The fraction of sp³-hybridized carbons (Fsp3) is 0.455. The zero-order valence-electron chi connectivity index (χ0n) is 10.1. The van der Waals surface area contributed by atoms with E-state index in [4.69, 9.17) is 9.47 Å². The molecule has 5 nitrogen and oxygen atoms in total. The lowest BCUT2D eigenvalue weighted by Crippen LogP contribution is -2.03. The van der Waals surface area contributed by atoms with Crippen molar-refractivity contribution in [1.82, 2.24) is 0 Å². The number of nitro groups is 1. The molecule has 0 N–H and O–H groups in total. The number of rotatable bonds is 7. The molecule has 0 heterocycles. The zero-order chi connectivity index (χ0) is 13.5. The Hall–Kier alpha value is -0.950. The molecule has 100 valence electrons. The van der Waals surface area contributed by atoms with Crippen molar-refractivity contribution in [3.63, 3.8) is 0 Å². The van der Waals surface area contributed by atoms with Crippen LogP contribution in [0.3, 0.4) is 0 Å². The molecule has 0 saturated heterocycles. The summed E-state index contributed by atoms with van der Waals surface area (Å²) < 4.78 is 10.7. The lowest BCUT2D eigenvalue weighted by Gasteiger charge is -2.11. The number of methoxy groups -OCH3 is 1. The van der Waals surface area contributed by atoms with E-state index in [1.807, 2.05) is 6.26 Å². The topological polar surface area (TPSA) is 61.6 Å². The van der Waals surface area contributed by atoms with Crippen LogP contribution in [0.25, 0.3) is 0 Å². The van der Waals surface area contributed by atoms with Crippen molar-refractivity contribution in [3.05, 3.63) is 27.8 Å². The molecule has 0 aliphatic rings. The van der Waals surface area contributed by atoms with Gasteiger partial charge in [-0.05, 0) is 12.3 Å². The Labute approximate surface area is 118 Å². The minimum Gasteiger partial charge on any atom is -0.493 e. The van der Waals surface area contributed by atoms with Gasteiger partial charge in [0.1, 0.15) is 0 Å². The van der Waals surface area contributed by atoms with Crippen LogP contribution in [0.1, 0.15) is 5.56 Å². The summed E-state index contributed by atoms with van der Waals surface area (Å²) >= 11 is 4.87. The number of benzene rings is 1. The Morgan fingerprint density at radius 3 is 2.67 bits per heavy atom. The molecule has 0 unspecified atom stereocenters. The molecule has 0 aliphatic carbocycles. The first-order valence-electron chi connectivity index (χ1n) is 5.17. The van der Waals surface area contributed by atoms with Crippen molar-refractivity contribution in [2.45, 2.75) is 5.33 Å². The molecule has 7 heteroatoms. The molecule has 0 aromatic heterocycles. The van der Waals surface area contributed by atoms with Crippen LogP contribution in [0, 0.1) is 10.1 Å². The number of hydrogen-bond donors (Lipinski definition) is 0. The highest BCUT2D eigenvalue weighted by Crippen LogP contribution is 2.35. The predicted octanol–water partition coefficient (Wildman–Crippen LogP) is 3.24. The fourth-order valence-electron chi connectivity index (χ4n) is 1.38. The summed E-state index contributed by atoms with van der Waals surface area (Å²) in [6, 6.07) is 3.04. The summed E-state index contributed by atoms with van der Waals surface area (Å²) in [5.41, 5.74) is 0.598. The van der Waals surface area contributed by atoms with Crippen molar-refractivity contribution >= 4 is 33.4 Å². The summed E-state index contributed by atoms with van der Waals surface area (Å²) in [5, 5.41) is 11.3. The van der Waals surface area contributed by atoms with Crippen molar-refractivity contribution in [2.75, 3.05) is 25.7 Å². The Morgan fingerprint density at radius 1 is 1.44 bits per heavy atom. The van der Waals surface area contributed by atoms with Gasteiger partial charge in [0.2, 0.25) is 0 Å². The van der Waals surface area contributed by atoms with E-state index in [-0.39, 0.29) is 5.69 Å². The van der Waals surface area contributed by atoms with Crippen molar-refractivity contribution in [1.29, 1.82) is 0 Å². The van der Waals surface area contributed by atoms with E-state index in [1.165, 1.54) is 13.2 Å². The Bertz CT molecular complexity index is 428. The van der Waals surface area contributed by atoms with E-state index in [1.54, 1.807) is 17.8 Å². The molecule has 1 rings (SSSR count). The standard InChI is InChI=1S/C11H14BrNO4S/c1-16-10-5-8(7-12)9(13(14)15)6-11(10)17-3-4-18-2/h5-6H,3-4,7H2,1-2H3. The van der Waals surface area contributed by atoms with Crippen LogP contribution in [0.5, 0.6) is 11.5 Å². The van der Waals surface area contributed by atoms with Gasteiger partial charge in [-0.2, -0.15) is 11.8 Å². The molecule has 0 saturated carbocycles. The highest BCUT2D eigenvalue weighted by molar-refractivity contribution is 9.08. The molecule has 0 spiro atoms. The second-order valence-electron chi connectivity index (χ2n) is 3.36. The van der Waals surface area contributed by atoms with Crippen LogP contribution in [0.4, 0.5) is 5.69 Å². The molecule has 0 radical (unpaired) electrons. The van der Waals surface area contributed by atoms with Crippen molar-refractivity contribution in [2.24, 2.45) is 0 Å². The first-order chi connectivity index (χ1) is 8.63. The quantitative estimate of drug-likeness (QED) is 0.331. The van der Waals surface area contributed by atoms with Crippen molar-refractivity contribution in [3.8, 4) is 11.5 Å². The van der Waals surface area contributed by atoms with E-state index in [9.17, 15) is 10.1 Å². The molecule has 0 bridgehead atoms. The molecule has 0 atom stereocenters. The average molecular weight is 336 g/mol. The van der Waals surface area contributed by atoms with Gasteiger partial charge in [0, 0.05) is 16.6 Å². The Morgan fingerprint density at radius 2 is 2.17 bits per heavy atom. The maximum absolute atomic E-state index is 10.9. The molecular weight excluding hydrogens is 322 g/mol. The van der Waals surface area contributed by atoms with E-state index in [2.05, 4.69) is 15.9 Å². The number of thioether (sulfide) groups is 1. The van der Waals surface area contributed by atoms with Gasteiger partial charge in [0.05, 0.1) is 24.7 Å². The van der Waals surface area contributed by atoms with Gasteiger partial charge in [-0.15, -0.1) is 0 Å². The molecule has 18 heavy (non-hydrogen) atoms. The highest BCUT2D eigenvalue weighted by Gasteiger charge is 2.18. The summed E-state index contributed by atoms with van der Waals surface area (Å²) in [7, 11) is 1.51. The van der Waals surface area contributed by atoms with Crippen molar-refractivity contribution < 1.29 is 14.4 Å². The summed E-state index contributed by atoms with van der Waals surface area (Å²) in [5.74, 6) is 1.73. The van der Waals surface area contributed by atoms with E-state index in [0.29, 0.717) is 29.0 Å². The van der Waals surface area contributed by atoms with Crippen LogP contribution in [-0.2, 0) is 5.33 Å². The second kappa shape index (κ2) is 7.48. The maximum atomic E-state index is 10.9. The monoisotopic (exact) mass is 335 g/mol. The first-order valence-corrected chi connectivity index (χ1v) is 7.68. The Balaban J connectivity index is 3.07. The largest absolute Gasteiger partial charge is 0.493 e. The summed E-state index contributed by atoms with van der Waals surface area (Å²) in [6.07, 6.45) is 1.97. The minimum absolute atomic E-state index is 0.0341. The fourth-order valence-corrected chi connectivity index (χ4v) is 2.07. The van der Waals surface area contributed by atoms with Gasteiger partial charge >= 0.3 is 0 Å². The third-order valence-electron chi connectivity index (χ3n) is 2.25. The molecule has 1 aromatic carbocycles. The number of nitro benzene ring substituents is 1. The van der Waals surface area contributed by atoms with E-state index < -0.39 is 4.92 Å². The van der Waals surface area contributed by atoms with Crippen LogP contribution >= 0.6 is 27.7 Å². The van der Waals surface area contributed by atoms with Gasteiger partial charge in [-0.25, -0.2) is 0 Å². The third-order valence-corrected chi connectivity index (χ3v) is 3.43. The molecule has 0 amide bonds. The number of hydrogen-bond acceptors (Lipinski definition) is 5. The second-order valence-corrected chi connectivity index (χ2v) is 4.91. The van der Waals surface area contributed by atoms with Crippen LogP contribution < -0.4 is 9.47 Å². The third kappa shape index (κ3) is 3.78. The average Bonchev–Trinajstić information content (AvgIpc) is 2.38. The molecular formula is C11H14BrNO4S. The maximum Gasteiger partial charge on any atom is 0.277 e. The summed E-state index contributed by atoms with van der Waals surface area (Å²) in [4.78, 5) is 10.5. The van der Waals surface area contributed by atoms with Crippen LogP contribution in [-0.4, -0.2) is 30.6 Å². The Kier molecular flexibility index (Phi) is 6.28. The summed E-state index contributed by atoms with van der Waals surface area (Å²) in [6.45, 7) is 0.488. The van der Waals surface area contributed by atoms with Gasteiger partial charge in [-0.1, -0.05) is 15.9 Å². The highest BCUT2D eigenvalue weighted by atomic mass is 79.9. The molecule has 0 aliphatic heterocycles.